The van der Waals surface area contributed by atoms with Gasteiger partial charge in [-0.1, -0.05) is 29.4 Å². The van der Waals surface area contributed by atoms with Gasteiger partial charge in [0.1, 0.15) is 0 Å². The molecule has 76 valence electrons. The fourth-order valence-electron chi connectivity index (χ4n) is 1.49. The van der Waals surface area contributed by atoms with Gasteiger partial charge >= 0.3 is 0 Å². The summed E-state index contributed by atoms with van der Waals surface area (Å²) in [5, 5.41) is 3.34. The predicted octanol–water partition coefficient (Wildman–Crippen LogP) is 1.97. The van der Waals surface area contributed by atoms with Crippen LogP contribution in [0.25, 0.3) is 0 Å². The van der Waals surface area contributed by atoms with Gasteiger partial charge in [0.05, 0.1) is 0 Å². The van der Waals surface area contributed by atoms with Crippen LogP contribution in [0.15, 0.2) is 11.1 Å². The standard InChI is InChI=1S/C10H19BrN2/c1-3-13(10-4-5-10)7-6-12-8-9(2)11/h10,12H,2-8H2,1H3. The Morgan fingerprint density at radius 2 is 2.31 bits per heavy atom. The molecule has 0 bridgehead atoms. The van der Waals surface area contributed by atoms with Gasteiger partial charge in [0.2, 0.25) is 0 Å². The number of hydrogen-bond acceptors (Lipinski definition) is 2. The molecular weight excluding hydrogens is 228 g/mol. The molecule has 1 aliphatic carbocycles. The summed E-state index contributed by atoms with van der Waals surface area (Å²) in [5.74, 6) is 0. The lowest BCUT2D eigenvalue weighted by Crippen LogP contribution is -2.33. The zero-order chi connectivity index (χ0) is 9.68. The SMILES string of the molecule is C=C(Br)CNCCN(CC)C1CC1. The third-order valence-corrected chi connectivity index (χ3v) is 2.64. The lowest BCUT2D eigenvalue weighted by atomic mass is 10.4. The fraction of sp³-hybridized carbons (Fsp3) is 0.800. The molecule has 0 heterocycles. The molecule has 0 aromatic heterocycles. The minimum absolute atomic E-state index is 0.877. The lowest BCUT2D eigenvalue weighted by molar-refractivity contribution is 0.278. The minimum atomic E-state index is 0.877. The van der Waals surface area contributed by atoms with Gasteiger partial charge in [-0.3, -0.25) is 4.90 Å². The van der Waals surface area contributed by atoms with E-state index in [2.05, 4.69) is 39.6 Å². The molecule has 13 heavy (non-hydrogen) atoms. The van der Waals surface area contributed by atoms with Crippen molar-refractivity contribution >= 4 is 15.9 Å². The van der Waals surface area contributed by atoms with Gasteiger partial charge in [-0.05, 0) is 19.4 Å². The molecule has 0 aromatic rings. The molecule has 0 unspecified atom stereocenters. The van der Waals surface area contributed by atoms with Crippen LogP contribution in [0.1, 0.15) is 19.8 Å². The van der Waals surface area contributed by atoms with Crippen LogP contribution in [0.3, 0.4) is 0 Å². The molecular formula is C10H19BrN2. The summed E-state index contributed by atoms with van der Waals surface area (Å²) in [6.07, 6.45) is 2.80. The van der Waals surface area contributed by atoms with Crippen molar-refractivity contribution in [2.45, 2.75) is 25.8 Å². The third kappa shape index (κ3) is 4.79. The van der Waals surface area contributed by atoms with Crippen LogP contribution in [0.5, 0.6) is 0 Å². The summed E-state index contributed by atoms with van der Waals surface area (Å²) in [6, 6.07) is 0.888. The molecule has 0 spiro atoms. The maximum atomic E-state index is 3.78. The Labute approximate surface area is 89.5 Å². The summed E-state index contributed by atoms with van der Waals surface area (Å²) in [4.78, 5) is 2.55. The van der Waals surface area contributed by atoms with E-state index in [9.17, 15) is 0 Å². The van der Waals surface area contributed by atoms with E-state index in [-0.39, 0.29) is 0 Å². The van der Waals surface area contributed by atoms with Crippen LogP contribution in [0, 0.1) is 0 Å². The first-order valence-corrected chi connectivity index (χ1v) is 5.81. The average Bonchev–Trinajstić information content (AvgIpc) is 2.87. The van der Waals surface area contributed by atoms with Crippen molar-refractivity contribution in [3.8, 4) is 0 Å². The quantitative estimate of drug-likeness (QED) is 0.692. The van der Waals surface area contributed by atoms with Gasteiger partial charge in [-0.15, -0.1) is 0 Å². The van der Waals surface area contributed by atoms with E-state index in [0.717, 1.165) is 23.6 Å². The maximum Gasteiger partial charge on any atom is 0.0266 e. The molecule has 3 heteroatoms. The van der Waals surface area contributed by atoms with Crippen molar-refractivity contribution in [2.75, 3.05) is 26.2 Å². The van der Waals surface area contributed by atoms with Crippen LogP contribution in [-0.2, 0) is 0 Å². The van der Waals surface area contributed by atoms with Gasteiger partial charge in [0.25, 0.3) is 0 Å². The van der Waals surface area contributed by atoms with E-state index in [1.165, 1.54) is 25.9 Å². The van der Waals surface area contributed by atoms with Crippen LogP contribution in [0.4, 0.5) is 0 Å². The zero-order valence-corrected chi connectivity index (χ0v) is 9.94. The molecule has 1 saturated carbocycles. The van der Waals surface area contributed by atoms with Crippen LogP contribution in [0.2, 0.25) is 0 Å². The van der Waals surface area contributed by atoms with Crippen molar-refractivity contribution in [3.05, 3.63) is 11.1 Å². The molecule has 1 aliphatic rings. The molecule has 0 radical (unpaired) electrons. The summed E-state index contributed by atoms with van der Waals surface area (Å²) < 4.78 is 1.03. The maximum absolute atomic E-state index is 3.78. The number of likely N-dealkylation sites (N-methyl/N-ethyl adjacent to an activating group) is 1. The number of nitrogens with zero attached hydrogens (tertiary/aromatic N) is 1. The largest absolute Gasteiger partial charge is 0.311 e. The average molecular weight is 247 g/mol. The predicted molar refractivity (Wildman–Crippen MR) is 61.2 cm³/mol. The second-order valence-corrected chi connectivity index (χ2v) is 4.68. The molecule has 0 saturated heterocycles. The van der Waals surface area contributed by atoms with E-state index < -0.39 is 0 Å². The highest BCUT2D eigenvalue weighted by molar-refractivity contribution is 9.11. The second kappa shape index (κ2) is 5.78. The van der Waals surface area contributed by atoms with Gasteiger partial charge in [0, 0.05) is 30.2 Å². The van der Waals surface area contributed by atoms with Gasteiger partial charge in [0.15, 0.2) is 0 Å². The van der Waals surface area contributed by atoms with E-state index in [1.807, 2.05) is 0 Å². The van der Waals surface area contributed by atoms with Gasteiger partial charge < -0.3 is 5.32 Å². The van der Waals surface area contributed by atoms with E-state index in [1.54, 1.807) is 0 Å². The van der Waals surface area contributed by atoms with Crippen molar-refractivity contribution in [1.29, 1.82) is 0 Å². The summed E-state index contributed by atoms with van der Waals surface area (Å²) in [5.41, 5.74) is 0. The number of nitrogens with one attached hydrogen (secondary N) is 1. The number of hydrogen-bond donors (Lipinski definition) is 1. The lowest BCUT2D eigenvalue weighted by Gasteiger charge is -2.19. The summed E-state index contributed by atoms with van der Waals surface area (Å²) >= 11 is 3.33. The first-order chi connectivity index (χ1) is 6.24. The van der Waals surface area contributed by atoms with E-state index >= 15 is 0 Å². The minimum Gasteiger partial charge on any atom is -0.311 e. The van der Waals surface area contributed by atoms with Gasteiger partial charge in [-0.2, -0.15) is 0 Å². The Bertz CT molecular complexity index is 166. The first-order valence-electron chi connectivity index (χ1n) is 5.02. The van der Waals surface area contributed by atoms with Gasteiger partial charge in [-0.25, -0.2) is 0 Å². The summed E-state index contributed by atoms with van der Waals surface area (Å²) in [6.45, 7) is 10.3. The topological polar surface area (TPSA) is 15.3 Å². The Hall–Kier alpha value is 0.140. The van der Waals surface area contributed by atoms with Crippen LogP contribution < -0.4 is 5.32 Å². The van der Waals surface area contributed by atoms with Crippen molar-refractivity contribution in [1.82, 2.24) is 10.2 Å². The molecule has 0 atom stereocenters. The van der Waals surface area contributed by atoms with Crippen molar-refractivity contribution in [3.63, 3.8) is 0 Å². The van der Waals surface area contributed by atoms with E-state index in [0.29, 0.717) is 0 Å². The molecule has 1 fully saturated rings. The van der Waals surface area contributed by atoms with Crippen LogP contribution >= 0.6 is 15.9 Å². The molecule has 1 N–H and O–H groups in total. The van der Waals surface area contributed by atoms with E-state index in [4.69, 9.17) is 0 Å². The van der Waals surface area contributed by atoms with Crippen LogP contribution in [-0.4, -0.2) is 37.1 Å². The smallest absolute Gasteiger partial charge is 0.0266 e. The first kappa shape index (κ1) is 11.2. The summed E-state index contributed by atoms with van der Waals surface area (Å²) in [7, 11) is 0. The highest BCUT2D eigenvalue weighted by Crippen LogP contribution is 2.25. The zero-order valence-electron chi connectivity index (χ0n) is 8.35. The molecule has 2 nitrogen and oxygen atoms in total. The second-order valence-electron chi connectivity index (χ2n) is 3.55. The fourth-order valence-corrected chi connectivity index (χ4v) is 1.68. The normalized spacial score (nSPS) is 16.5. The monoisotopic (exact) mass is 246 g/mol. The Balaban J connectivity index is 1.99. The molecule has 1 rings (SSSR count). The number of rotatable bonds is 7. The Morgan fingerprint density at radius 3 is 2.77 bits per heavy atom. The van der Waals surface area contributed by atoms with Crippen molar-refractivity contribution in [2.24, 2.45) is 0 Å². The Kier molecular flexibility index (Phi) is 4.99. The number of halogens is 1. The molecule has 0 aromatic carbocycles. The van der Waals surface area contributed by atoms with Crippen molar-refractivity contribution < 1.29 is 0 Å². The molecule has 0 aliphatic heterocycles. The highest BCUT2D eigenvalue weighted by Gasteiger charge is 2.26. The third-order valence-electron chi connectivity index (χ3n) is 2.36. The molecule has 0 amide bonds. The Morgan fingerprint density at radius 1 is 1.62 bits per heavy atom. The highest BCUT2D eigenvalue weighted by atomic mass is 79.9.